The van der Waals surface area contributed by atoms with Gasteiger partial charge < -0.3 is 10.4 Å². The lowest BCUT2D eigenvalue weighted by molar-refractivity contribution is 0.0724. The first kappa shape index (κ1) is 18.5. The second kappa shape index (κ2) is 8.35. The number of carbonyl (C=O) groups excluding carboxylic acids is 1. The minimum absolute atomic E-state index is 0.187. The fourth-order valence-electron chi connectivity index (χ4n) is 2.59. The minimum Gasteiger partial charge on any atom is -0.387 e. The Kier molecular flexibility index (Phi) is 6.45. The van der Waals surface area contributed by atoms with E-state index in [4.69, 9.17) is 0 Å². The number of aromatic nitrogens is 2. The van der Waals surface area contributed by atoms with Gasteiger partial charge in [0.05, 0.1) is 29.6 Å². The number of benzene rings is 1. The third-order valence-corrected chi connectivity index (χ3v) is 4.70. The molecule has 1 heterocycles. The normalized spacial score (nSPS) is 13.5. The molecule has 2 rings (SSSR count). The first-order valence-electron chi connectivity index (χ1n) is 8.05. The van der Waals surface area contributed by atoms with E-state index in [1.807, 2.05) is 48.2 Å². The summed E-state index contributed by atoms with van der Waals surface area (Å²) < 4.78 is 1.87. The van der Waals surface area contributed by atoms with Gasteiger partial charge in [-0.2, -0.15) is 16.9 Å². The van der Waals surface area contributed by atoms with Gasteiger partial charge in [-0.3, -0.25) is 9.48 Å². The van der Waals surface area contributed by atoms with Gasteiger partial charge >= 0.3 is 0 Å². The van der Waals surface area contributed by atoms with Gasteiger partial charge in [-0.05, 0) is 25.2 Å². The van der Waals surface area contributed by atoms with E-state index in [0.29, 0.717) is 17.9 Å². The van der Waals surface area contributed by atoms with Gasteiger partial charge in [-0.15, -0.1) is 0 Å². The van der Waals surface area contributed by atoms with Gasteiger partial charge in [0, 0.05) is 12.3 Å². The van der Waals surface area contributed by atoms with E-state index in [0.717, 1.165) is 17.7 Å². The number of amides is 1. The molecule has 0 radical (unpaired) electrons. The molecule has 6 heteroatoms. The SMILES string of the molecule is CCc1c(C(=O)NCC(C)(O)CSC)cnn1Cc1ccccc1. The number of nitrogens with zero attached hydrogens (tertiary/aromatic N) is 2. The zero-order valence-electron chi connectivity index (χ0n) is 14.5. The molecule has 0 aliphatic carbocycles. The van der Waals surface area contributed by atoms with Crippen molar-refractivity contribution in [2.75, 3.05) is 18.6 Å². The molecule has 2 aromatic rings. The van der Waals surface area contributed by atoms with Crippen molar-refractivity contribution in [1.29, 1.82) is 0 Å². The maximum atomic E-state index is 12.5. The largest absolute Gasteiger partial charge is 0.387 e. The summed E-state index contributed by atoms with van der Waals surface area (Å²) in [5.74, 6) is 0.383. The third-order valence-electron chi connectivity index (χ3n) is 3.79. The zero-order chi connectivity index (χ0) is 17.6. The molecule has 1 atom stereocenters. The number of rotatable bonds is 8. The molecule has 0 bridgehead atoms. The van der Waals surface area contributed by atoms with Crippen LogP contribution in [-0.4, -0.2) is 44.9 Å². The average Bonchev–Trinajstić information content (AvgIpc) is 2.96. The lowest BCUT2D eigenvalue weighted by Crippen LogP contribution is -2.42. The van der Waals surface area contributed by atoms with Gasteiger partial charge in [0.2, 0.25) is 0 Å². The molecule has 130 valence electrons. The molecule has 5 nitrogen and oxygen atoms in total. The van der Waals surface area contributed by atoms with E-state index < -0.39 is 5.60 Å². The average molecular weight is 347 g/mol. The van der Waals surface area contributed by atoms with Gasteiger partial charge in [-0.1, -0.05) is 37.3 Å². The van der Waals surface area contributed by atoms with Gasteiger partial charge in [0.15, 0.2) is 0 Å². The Bertz CT molecular complexity index is 668. The second-order valence-electron chi connectivity index (χ2n) is 6.11. The van der Waals surface area contributed by atoms with Crippen LogP contribution in [-0.2, 0) is 13.0 Å². The Morgan fingerprint density at radius 2 is 2.08 bits per heavy atom. The summed E-state index contributed by atoms with van der Waals surface area (Å²) in [4.78, 5) is 12.5. The molecule has 1 aromatic heterocycles. The quantitative estimate of drug-likeness (QED) is 0.769. The van der Waals surface area contributed by atoms with E-state index >= 15 is 0 Å². The standard InChI is InChI=1S/C18H25N3O2S/c1-4-16-15(17(22)19-12-18(2,23)13-24-3)10-20-21(16)11-14-8-6-5-7-9-14/h5-10,23H,4,11-13H2,1-3H3,(H,19,22). The van der Waals surface area contributed by atoms with Crippen molar-refractivity contribution < 1.29 is 9.90 Å². The Hall–Kier alpha value is -1.79. The molecular formula is C18H25N3O2S. The first-order valence-corrected chi connectivity index (χ1v) is 9.44. The Balaban J connectivity index is 2.09. The number of carbonyl (C=O) groups is 1. The molecule has 0 saturated carbocycles. The molecular weight excluding hydrogens is 322 g/mol. The van der Waals surface area contributed by atoms with Crippen LogP contribution < -0.4 is 5.32 Å². The maximum absolute atomic E-state index is 12.5. The number of aliphatic hydroxyl groups is 1. The summed E-state index contributed by atoms with van der Waals surface area (Å²) in [5, 5.41) is 17.4. The van der Waals surface area contributed by atoms with Crippen LogP contribution in [0.4, 0.5) is 0 Å². The van der Waals surface area contributed by atoms with Crippen molar-refractivity contribution in [3.63, 3.8) is 0 Å². The minimum atomic E-state index is -0.915. The van der Waals surface area contributed by atoms with E-state index in [1.165, 1.54) is 0 Å². The number of nitrogens with one attached hydrogen (secondary N) is 1. The molecule has 0 aliphatic heterocycles. The highest BCUT2D eigenvalue weighted by atomic mass is 32.2. The molecule has 0 aliphatic rings. The fourth-order valence-corrected chi connectivity index (χ4v) is 3.32. The maximum Gasteiger partial charge on any atom is 0.254 e. The molecule has 2 N–H and O–H groups in total. The smallest absolute Gasteiger partial charge is 0.254 e. The van der Waals surface area contributed by atoms with Crippen LogP contribution in [0.5, 0.6) is 0 Å². The van der Waals surface area contributed by atoms with Crippen molar-refractivity contribution in [3.8, 4) is 0 Å². The first-order chi connectivity index (χ1) is 11.5. The summed E-state index contributed by atoms with van der Waals surface area (Å²) in [7, 11) is 0. The number of hydrogen-bond donors (Lipinski definition) is 2. The van der Waals surface area contributed by atoms with Crippen molar-refractivity contribution in [1.82, 2.24) is 15.1 Å². The van der Waals surface area contributed by atoms with E-state index in [2.05, 4.69) is 10.4 Å². The number of hydrogen-bond acceptors (Lipinski definition) is 4. The van der Waals surface area contributed by atoms with Gasteiger partial charge in [0.1, 0.15) is 0 Å². The van der Waals surface area contributed by atoms with Crippen LogP contribution in [0.15, 0.2) is 36.5 Å². The summed E-state index contributed by atoms with van der Waals surface area (Å²) in [5.41, 5.74) is 1.71. The Morgan fingerprint density at radius 3 is 2.71 bits per heavy atom. The summed E-state index contributed by atoms with van der Waals surface area (Å²) in [6.07, 6.45) is 4.26. The fraction of sp³-hybridized carbons (Fsp3) is 0.444. The van der Waals surface area contributed by atoms with Crippen molar-refractivity contribution >= 4 is 17.7 Å². The lowest BCUT2D eigenvalue weighted by atomic mass is 10.1. The second-order valence-corrected chi connectivity index (χ2v) is 6.98. The van der Waals surface area contributed by atoms with Gasteiger partial charge in [0.25, 0.3) is 5.91 Å². The van der Waals surface area contributed by atoms with E-state index in [9.17, 15) is 9.90 Å². The molecule has 1 amide bonds. The van der Waals surface area contributed by atoms with Crippen molar-refractivity contribution in [2.24, 2.45) is 0 Å². The molecule has 1 aromatic carbocycles. The highest BCUT2D eigenvalue weighted by Gasteiger charge is 2.22. The molecule has 0 spiro atoms. The summed E-state index contributed by atoms with van der Waals surface area (Å²) >= 11 is 1.55. The third kappa shape index (κ3) is 4.85. The van der Waals surface area contributed by atoms with Crippen LogP contribution in [0.25, 0.3) is 0 Å². The van der Waals surface area contributed by atoms with E-state index in [-0.39, 0.29) is 12.5 Å². The summed E-state index contributed by atoms with van der Waals surface area (Å²) in [6.45, 7) is 4.60. The molecule has 1 unspecified atom stereocenters. The van der Waals surface area contributed by atoms with Crippen LogP contribution in [0.3, 0.4) is 0 Å². The van der Waals surface area contributed by atoms with Gasteiger partial charge in [-0.25, -0.2) is 0 Å². The number of thioether (sulfide) groups is 1. The van der Waals surface area contributed by atoms with Crippen LogP contribution >= 0.6 is 11.8 Å². The highest BCUT2D eigenvalue weighted by Crippen LogP contribution is 2.14. The van der Waals surface area contributed by atoms with Crippen LogP contribution in [0.1, 0.15) is 35.5 Å². The van der Waals surface area contributed by atoms with Crippen LogP contribution in [0.2, 0.25) is 0 Å². The van der Waals surface area contributed by atoms with Crippen LogP contribution in [0, 0.1) is 0 Å². The molecule has 0 saturated heterocycles. The molecule has 24 heavy (non-hydrogen) atoms. The van der Waals surface area contributed by atoms with Crippen molar-refractivity contribution in [3.05, 3.63) is 53.3 Å². The highest BCUT2D eigenvalue weighted by molar-refractivity contribution is 7.98. The van der Waals surface area contributed by atoms with Crippen molar-refractivity contribution in [2.45, 2.75) is 32.4 Å². The predicted molar refractivity (Wildman–Crippen MR) is 98.5 cm³/mol. The topological polar surface area (TPSA) is 67.2 Å². The monoisotopic (exact) mass is 347 g/mol. The van der Waals surface area contributed by atoms with E-state index in [1.54, 1.807) is 24.9 Å². The molecule has 0 fully saturated rings. The Labute approximate surface area is 147 Å². The lowest BCUT2D eigenvalue weighted by Gasteiger charge is -2.22. The zero-order valence-corrected chi connectivity index (χ0v) is 15.3. The predicted octanol–water partition coefficient (Wildman–Crippen LogP) is 2.34. The Morgan fingerprint density at radius 1 is 1.38 bits per heavy atom. The summed E-state index contributed by atoms with van der Waals surface area (Å²) in [6, 6.07) is 10.0.